The fraction of sp³-hybridized carbons (Fsp3) is 0.250. The molecule has 0 aliphatic carbocycles. The molecule has 6 heteroatoms. The predicted molar refractivity (Wildman–Crippen MR) is 89.8 cm³/mol. The van der Waals surface area contributed by atoms with Crippen LogP contribution in [0.2, 0.25) is 5.02 Å². The normalized spacial score (nSPS) is 17.4. The van der Waals surface area contributed by atoms with E-state index in [1.54, 1.807) is 18.0 Å². The zero-order chi connectivity index (χ0) is 15.5. The van der Waals surface area contributed by atoms with Crippen LogP contribution in [-0.2, 0) is 4.79 Å². The van der Waals surface area contributed by atoms with Crippen LogP contribution in [-0.4, -0.2) is 23.3 Å². The Bertz CT molecular complexity index is 708. The highest BCUT2D eigenvalue weighted by atomic mass is 35.5. The molecule has 1 atom stereocenters. The summed E-state index contributed by atoms with van der Waals surface area (Å²) in [5, 5.41) is 3.33. The van der Waals surface area contributed by atoms with Crippen molar-refractivity contribution in [3.8, 4) is 5.75 Å². The lowest BCUT2D eigenvalue weighted by Crippen LogP contribution is -2.13. The minimum Gasteiger partial charge on any atom is -0.494 e. The number of benzene rings is 1. The fourth-order valence-electron chi connectivity index (χ4n) is 2.42. The van der Waals surface area contributed by atoms with Crippen molar-refractivity contribution in [3.63, 3.8) is 0 Å². The van der Waals surface area contributed by atoms with Crippen LogP contribution in [0.1, 0.15) is 23.3 Å². The molecule has 114 valence electrons. The molecule has 0 saturated carbocycles. The lowest BCUT2D eigenvalue weighted by Gasteiger charge is -2.19. The molecule has 22 heavy (non-hydrogen) atoms. The largest absolute Gasteiger partial charge is 0.494 e. The zero-order valence-corrected chi connectivity index (χ0v) is 13.6. The van der Waals surface area contributed by atoms with E-state index < -0.39 is 0 Å². The number of hydrogen-bond donors (Lipinski definition) is 1. The van der Waals surface area contributed by atoms with Gasteiger partial charge in [-0.05, 0) is 19.1 Å². The van der Waals surface area contributed by atoms with E-state index >= 15 is 0 Å². The number of rotatable bonds is 3. The lowest BCUT2D eigenvalue weighted by atomic mass is 10.0. The summed E-state index contributed by atoms with van der Waals surface area (Å²) in [5.74, 6) is 1.69. The second kappa shape index (κ2) is 6.58. The van der Waals surface area contributed by atoms with Gasteiger partial charge in [0.1, 0.15) is 11.6 Å². The second-order valence-corrected chi connectivity index (χ2v) is 6.33. The van der Waals surface area contributed by atoms with Gasteiger partial charge in [-0.25, -0.2) is 4.98 Å². The highest BCUT2D eigenvalue weighted by Gasteiger charge is 2.27. The molecule has 1 aliphatic heterocycles. The van der Waals surface area contributed by atoms with Crippen molar-refractivity contribution in [2.45, 2.75) is 12.2 Å². The molecule has 0 bridgehead atoms. The summed E-state index contributed by atoms with van der Waals surface area (Å²) >= 11 is 7.65. The maximum atomic E-state index is 11.9. The Labute approximate surface area is 138 Å². The number of carbonyl (C=O) groups is 1. The number of carbonyl (C=O) groups excluding carboxylic acids is 1. The third-order valence-electron chi connectivity index (χ3n) is 3.31. The number of para-hydroxylation sites is 1. The monoisotopic (exact) mass is 334 g/mol. The summed E-state index contributed by atoms with van der Waals surface area (Å²) in [6, 6.07) is 9.73. The van der Waals surface area contributed by atoms with Crippen molar-refractivity contribution in [3.05, 3.63) is 52.7 Å². The van der Waals surface area contributed by atoms with Crippen LogP contribution in [0.25, 0.3) is 0 Å². The minimum absolute atomic E-state index is 0.0529. The highest BCUT2D eigenvalue weighted by Crippen LogP contribution is 2.44. The van der Waals surface area contributed by atoms with E-state index in [9.17, 15) is 4.79 Å². The number of amides is 1. The predicted octanol–water partition coefficient (Wildman–Crippen LogP) is 3.91. The van der Waals surface area contributed by atoms with Crippen LogP contribution in [0.5, 0.6) is 5.75 Å². The average Bonchev–Trinajstić information content (AvgIpc) is 2.67. The Balaban J connectivity index is 2.11. The number of pyridine rings is 1. The first-order valence-corrected chi connectivity index (χ1v) is 8.40. The maximum Gasteiger partial charge on any atom is 0.235 e. The molecular weight excluding hydrogens is 320 g/mol. The number of anilines is 1. The number of hydrogen-bond acceptors (Lipinski definition) is 4. The Morgan fingerprint density at radius 2 is 2.23 bits per heavy atom. The number of aromatic nitrogens is 1. The summed E-state index contributed by atoms with van der Waals surface area (Å²) < 4.78 is 5.73. The van der Waals surface area contributed by atoms with Crippen molar-refractivity contribution in [2.75, 3.05) is 17.7 Å². The smallest absolute Gasteiger partial charge is 0.235 e. The van der Waals surface area contributed by atoms with E-state index in [0.717, 1.165) is 16.9 Å². The third-order valence-corrected chi connectivity index (χ3v) is 4.78. The quantitative estimate of drug-likeness (QED) is 0.924. The number of ether oxygens (including phenoxy) is 1. The van der Waals surface area contributed by atoms with Crippen molar-refractivity contribution in [1.29, 1.82) is 0 Å². The van der Waals surface area contributed by atoms with Gasteiger partial charge in [-0.1, -0.05) is 29.8 Å². The van der Waals surface area contributed by atoms with Gasteiger partial charge < -0.3 is 10.1 Å². The van der Waals surface area contributed by atoms with Crippen molar-refractivity contribution >= 4 is 35.1 Å². The highest BCUT2D eigenvalue weighted by molar-refractivity contribution is 8.00. The molecule has 0 saturated heterocycles. The number of halogens is 1. The van der Waals surface area contributed by atoms with Gasteiger partial charge in [0.15, 0.2) is 0 Å². The second-order valence-electron chi connectivity index (χ2n) is 4.80. The van der Waals surface area contributed by atoms with Crippen molar-refractivity contribution < 1.29 is 9.53 Å². The summed E-state index contributed by atoms with van der Waals surface area (Å²) in [6.07, 6.45) is 1.54. The van der Waals surface area contributed by atoms with E-state index in [4.69, 9.17) is 16.3 Å². The van der Waals surface area contributed by atoms with Crippen LogP contribution in [0, 0.1) is 0 Å². The van der Waals surface area contributed by atoms with Gasteiger partial charge in [0.2, 0.25) is 5.91 Å². The van der Waals surface area contributed by atoms with E-state index in [-0.39, 0.29) is 11.2 Å². The molecule has 0 spiro atoms. The SMILES string of the molecule is CCOc1ccccc1C1SCC(=O)Nc2ncc(Cl)cc21. The van der Waals surface area contributed by atoms with Gasteiger partial charge in [-0.2, -0.15) is 0 Å². The van der Waals surface area contributed by atoms with E-state index in [1.165, 1.54) is 0 Å². The first kappa shape index (κ1) is 15.2. The molecule has 1 aromatic carbocycles. The Hall–Kier alpha value is -1.72. The van der Waals surface area contributed by atoms with Gasteiger partial charge in [-0.15, -0.1) is 11.8 Å². The van der Waals surface area contributed by atoms with E-state index in [2.05, 4.69) is 10.3 Å². The minimum atomic E-state index is -0.0579. The third kappa shape index (κ3) is 3.05. The van der Waals surface area contributed by atoms with Crippen molar-refractivity contribution in [1.82, 2.24) is 4.98 Å². The summed E-state index contributed by atoms with van der Waals surface area (Å²) in [5.41, 5.74) is 1.92. The molecule has 3 rings (SSSR count). The van der Waals surface area contributed by atoms with Gasteiger partial charge in [0, 0.05) is 17.3 Å². The standard InChI is InChI=1S/C16H15ClN2O2S/c1-2-21-13-6-4-3-5-11(13)15-12-7-10(17)8-18-16(12)19-14(20)9-22-15/h3-8,15H,2,9H2,1H3,(H,18,19,20). The number of nitrogens with zero attached hydrogens (tertiary/aromatic N) is 1. The van der Waals surface area contributed by atoms with Gasteiger partial charge in [0.25, 0.3) is 0 Å². The Kier molecular flexibility index (Phi) is 4.55. The first-order chi connectivity index (χ1) is 10.7. The molecule has 0 radical (unpaired) electrons. The summed E-state index contributed by atoms with van der Waals surface area (Å²) in [6.45, 7) is 2.54. The first-order valence-electron chi connectivity index (χ1n) is 6.97. The van der Waals surface area contributed by atoms with Gasteiger partial charge in [-0.3, -0.25) is 4.79 Å². The average molecular weight is 335 g/mol. The van der Waals surface area contributed by atoms with Crippen LogP contribution < -0.4 is 10.1 Å². The van der Waals surface area contributed by atoms with E-state index in [1.807, 2.05) is 37.3 Å². The van der Waals surface area contributed by atoms with Gasteiger partial charge in [0.05, 0.1) is 22.6 Å². The fourth-order valence-corrected chi connectivity index (χ4v) is 3.71. The molecule has 1 aromatic heterocycles. The maximum absolute atomic E-state index is 11.9. The number of nitrogens with one attached hydrogen (secondary N) is 1. The van der Waals surface area contributed by atoms with E-state index in [0.29, 0.717) is 23.2 Å². The van der Waals surface area contributed by atoms with Crippen LogP contribution >= 0.6 is 23.4 Å². The molecule has 0 fully saturated rings. The number of thioether (sulfide) groups is 1. The molecule has 1 amide bonds. The van der Waals surface area contributed by atoms with Crippen LogP contribution in [0.3, 0.4) is 0 Å². The van der Waals surface area contributed by atoms with Crippen molar-refractivity contribution in [2.24, 2.45) is 0 Å². The Morgan fingerprint density at radius 3 is 3.05 bits per heavy atom. The molecule has 1 unspecified atom stereocenters. The number of fused-ring (bicyclic) bond motifs is 1. The van der Waals surface area contributed by atoms with Crippen LogP contribution in [0.4, 0.5) is 5.82 Å². The summed E-state index contributed by atoms with van der Waals surface area (Å²) in [7, 11) is 0. The summed E-state index contributed by atoms with van der Waals surface area (Å²) in [4.78, 5) is 16.1. The topological polar surface area (TPSA) is 51.2 Å². The zero-order valence-electron chi connectivity index (χ0n) is 12.0. The molecule has 2 aromatic rings. The lowest BCUT2D eigenvalue weighted by molar-refractivity contribution is -0.113. The van der Waals surface area contributed by atoms with Crippen LogP contribution in [0.15, 0.2) is 36.5 Å². The van der Waals surface area contributed by atoms with Gasteiger partial charge >= 0.3 is 0 Å². The molecule has 4 nitrogen and oxygen atoms in total. The Morgan fingerprint density at radius 1 is 1.41 bits per heavy atom. The molecule has 1 N–H and O–H groups in total. The molecular formula is C16H15ClN2O2S. The molecule has 1 aliphatic rings. The molecule has 2 heterocycles.